The fraction of sp³-hybridized carbons (Fsp3) is 0.192. The monoisotopic (exact) mass is 494 g/mol. The fourth-order valence-electron chi connectivity index (χ4n) is 4.02. The number of halogens is 1. The summed E-state index contributed by atoms with van der Waals surface area (Å²) in [5.74, 6) is -1.94. The Bertz CT molecular complexity index is 1220. The summed E-state index contributed by atoms with van der Waals surface area (Å²) in [4.78, 5) is 35.2. The molecule has 0 fully saturated rings. The lowest BCUT2D eigenvalue weighted by molar-refractivity contribution is -0.113. The van der Waals surface area contributed by atoms with Crippen molar-refractivity contribution in [1.29, 1.82) is 0 Å². The fourth-order valence-corrected chi connectivity index (χ4v) is 4.67. The number of carbonyl (C=O) groups excluding carboxylic acids is 2. The van der Waals surface area contributed by atoms with E-state index >= 15 is 0 Å². The SMILES string of the molecule is O=C(CSCCNC(=O)OCC1c2ccccc2-c2ccccc21)Nc1cc(F)cc(C(=O)O)c1. The standard InChI is InChI=1S/C26H23FN2O5S/c27-17-11-16(25(31)32)12-18(13-17)29-24(30)15-35-10-9-28-26(33)34-14-23-21-7-3-1-5-19(21)20-6-2-4-8-22(20)23/h1-8,11-13,23H,9-10,14-15H2,(H,28,33)(H,29,30)(H,31,32). The predicted octanol–water partition coefficient (Wildman–Crippen LogP) is 4.73. The van der Waals surface area contributed by atoms with Crippen molar-refractivity contribution in [2.45, 2.75) is 5.92 Å². The van der Waals surface area contributed by atoms with Crippen molar-refractivity contribution in [2.75, 3.05) is 30.0 Å². The molecule has 0 bridgehead atoms. The molecule has 0 saturated heterocycles. The summed E-state index contributed by atoms with van der Waals surface area (Å²) in [6.07, 6.45) is -0.530. The summed E-state index contributed by atoms with van der Waals surface area (Å²) in [6, 6.07) is 19.3. The van der Waals surface area contributed by atoms with E-state index in [0.717, 1.165) is 34.4 Å². The topological polar surface area (TPSA) is 105 Å². The van der Waals surface area contributed by atoms with Gasteiger partial charge in [0.1, 0.15) is 12.4 Å². The first-order valence-corrected chi connectivity index (χ1v) is 12.1. The highest BCUT2D eigenvalue weighted by Gasteiger charge is 2.28. The average molecular weight is 495 g/mol. The predicted molar refractivity (Wildman–Crippen MR) is 132 cm³/mol. The van der Waals surface area contributed by atoms with Crippen LogP contribution in [0.1, 0.15) is 27.4 Å². The number of thioether (sulfide) groups is 1. The molecule has 0 heterocycles. The van der Waals surface area contributed by atoms with Crippen LogP contribution >= 0.6 is 11.8 Å². The largest absolute Gasteiger partial charge is 0.478 e. The lowest BCUT2D eigenvalue weighted by Gasteiger charge is -2.14. The third-order valence-corrected chi connectivity index (χ3v) is 6.48. The first kappa shape index (κ1) is 24.3. The van der Waals surface area contributed by atoms with Crippen LogP contribution < -0.4 is 10.6 Å². The highest BCUT2D eigenvalue weighted by atomic mass is 32.2. The maximum absolute atomic E-state index is 13.5. The molecular weight excluding hydrogens is 471 g/mol. The van der Waals surface area contributed by atoms with Gasteiger partial charge in [0.15, 0.2) is 0 Å². The van der Waals surface area contributed by atoms with E-state index in [1.54, 1.807) is 0 Å². The Morgan fingerprint density at radius 1 is 0.971 bits per heavy atom. The normalized spacial score (nSPS) is 11.9. The number of nitrogens with one attached hydrogen (secondary N) is 2. The van der Waals surface area contributed by atoms with Gasteiger partial charge >= 0.3 is 12.1 Å². The van der Waals surface area contributed by atoms with Gasteiger partial charge in [-0.3, -0.25) is 4.79 Å². The number of anilines is 1. The van der Waals surface area contributed by atoms with Crippen molar-refractivity contribution in [1.82, 2.24) is 5.32 Å². The summed E-state index contributed by atoms with van der Waals surface area (Å²) < 4.78 is 19.0. The summed E-state index contributed by atoms with van der Waals surface area (Å²) in [5, 5.41) is 14.1. The molecule has 0 spiro atoms. The first-order valence-electron chi connectivity index (χ1n) is 10.9. The third kappa shape index (κ3) is 5.99. The number of aromatic carboxylic acids is 1. The Labute approximate surface area is 205 Å². The van der Waals surface area contributed by atoms with Crippen LogP contribution in [0.2, 0.25) is 0 Å². The van der Waals surface area contributed by atoms with E-state index in [1.165, 1.54) is 17.8 Å². The van der Waals surface area contributed by atoms with Crippen LogP contribution in [-0.2, 0) is 9.53 Å². The third-order valence-electron chi connectivity index (χ3n) is 5.52. The van der Waals surface area contributed by atoms with Crippen LogP contribution in [0.15, 0.2) is 66.7 Å². The van der Waals surface area contributed by atoms with Crippen LogP contribution in [0.5, 0.6) is 0 Å². The van der Waals surface area contributed by atoms with Crippen LogP contribution in [0.25, 0.3) is 11.1 Å². The Morgan fingerprint density at radius 3 is 2.29 bits per heavy atom. The molecule has 0 atom stereocenters. The number of carbonyl (C=O) groups is 3. The van der Waals surface area contributed by atoms with Crippen molar-refractivity contribution in [3.05, 3.63) is 89.2 Å². The van der Waals surface area contributed by atoms with Crippen molar-refractivity contribution < 1.29 is 28.6 Å². The highest BCUT2D eigenvalue weighted by molar-refractivity contribution is 7.99. The highest BCUT2D eigenvalue weighted by Crippen LogP contribution is 2.44. The molecule has 3 aromatic rings. The van der Waals surface area contributed by atoms with E-state index in [1.807, 2.05) is 24.3 Å². The number of fused-ring (bicyclic) bond motifs is 3. The molecule has 2 amide bonds. The second-order valence-electron chi connectivity index (χ2n) is 7.89. The molecule has 1 aliphatic rings. The molecule has 7 nitrogen and oxygen atoms in total. The van der Waals surface area contributed by atoms with Gasteiger partial charge in [0.05, 0.1) is 11.3 Å². The van der Waals surface area contributed by atoms with E-state index in [-0.39, 0.29) is 29.5 Å². The van der Waals surface area contributed by atoms with Gasteiger partial charge in [0, 0.05) is 23.9 Å². The minimum absolute atomic E-state index is 0.0179. The minimum atomic E-state index is -1.28. The quantitative estimate of drug-likeness (QED) is 0.372. The van der Waals surface area contributed by atoms with Gasteiger partial charge in [-0.05, 0) is 40.5 Å². The van der Waals surface area contributed by atoms with Gasteiger partial charge in [-0.1, -0.05) is 48.5 Å². The molecule has 0 radical (unpaired) electrons. The number of benzene rings is 3. The molecule has 0 unspecified atom stereocenters. The van der Waals surface area contributed by atoms with Gasteiger partial charge in [-0.2, -0.15) is 11.8 Å². The Morgan fingerprint density at radius 2 is 1.63 bits per heavy atom. The van der Waals surface area contributed by atoms with Gasteiger partial charge in [0.2, 0.25) is 5.91 Å². The van der Waals surface area contributed by atoms with Gasteiger partial charge in [-0.15, -0.1) is 0 Å². The van der Waals surface area contributed by atoms with Crippen molar-refractivity contribution in [3.8, 4) is 11.1 Å². The molecule has 0 aliphatic heterocycles. The van der Waals surface area contributed by atoms with Crippen LogP contribution in [0.3, 0.4) is 0 Å². The number of alkyl carbamates (subject to hydrolysis) is 1. The van der Waals surface area contributed by atoms with Crippen LogP contribution in [0.4, 0.5) is 14.9 Å². The minimum Gasteiger partial charge on any atom is -0.478 e. The van der Waals surface area contributed by atoms with E-state index < -0.39 is 23.8 Å². The van der Waals surface area contributed by atoms with E-state index in [9.17, 15) is 18.8 Å². The molecule has 3 N–H and O–H groups in total. The number of hydrogen-bond donors (Lipinski definition) is 3. The van der Waals surface area contributed by atoms with E-state index in [4.69, 9.17) is 9.84 Å². The molecule has 9 heteroatoms. The number of carboxylic acids is 1. The lowest BCUT2D eigenvalue weighted by Crippen LogP contribution is -2.28. The Kier molecular flexibility index (Phi) is 7.67. The zero-order chi connectivity index (χ0) is 24.8. The molecule has 1 aliphatic carbocycles. The number of amides is 2. The second-order valence-corrected chi connectivity index (χ2v) is 8.99. The van der Waals surface area contributed by atoms with Crippen LogP contribution in [0, 0.1) is 5.82 Å². The number of rotatable bonds is 9. The molecule has 35 heavy (non-hydrogen) atoms. The molecular formula is C26H23FN2O5S. The first-order chi connectivity index (χ1) is 16.9. The van der Waals surface area contributed by atoms with E-state index in [0.29, 0.717) is 12.3 Å². The van der Waals surface area contributed by atoms with Gasteiger partial charge in [0.25, 0.3) is 0 Å². The van der Waals surface area contributed by atoms with Crippen LogP contribution in [-0.4, -0.2) is 47.7 Å². The average Bonchev–Trinajstić information content (AvgIpc) is 3.16. The number of hydrogen-bond acceptors (Lipinski definition) is 5. The second kappa shape index (κ2) is 11.1. The molecule has 180 valence electrons. The summed E-state index contributed by atoms with van der Waals surface area (Å²) in [7, 11) is 0. The molecule has 0 saturated carbocycles. The molecule has 3 aromatic carbocycles. The maximum atomic E-state index is 13.5. The zero-order valence-electron chi connectivity index (χ0n) is 18.6. The summed E-state index contributed by atoms with van der Waals surface area (Å²) in [5.41, 5.74) is 4.41. The summed E-state index contributed by atoms with van der Waals surface area (Å²) in [6.45, 7) is 0.527. The lowest BCUT2D eigenvalue weighted by atomic mass is 9.98. The smallest absolute Gasteiger partial charge is 0.407 e. The van der Waals surface area contributed by atoms with Crippen molar-refractivity contribution in [3.63, 3.8) is 0 Å². The molecule has 0 aromatic heterocycles. The Hall–Kier alpha value is -3.85. The van der Waals surface area contributed by atoms with Crippen molar-refractivity contribution >= 4 is 35.4 Å². The van der Waals surface area contributed by atoms with E-state index in [2.05, 4.69) is 34.9 Å². The number of carboxylic acid groups (broad SMARTS) is 1. The zero-order valence-corrected chi connectivity index (χ0v) is 19.4. The Balaban J connectivity index is 1.18. The van der Waals surface area contributed by atoms with Gasteiger partial charge in [-0.25, -0.2) is 14.0 Å². The number of ether oxygens (including phenoxy) is 1. The maximum Gasteiger partial charge on any atom is 0.407 e. The van der Waals surface area contributed by atoms with Crippen molar-refractivity contribution in [2.24, 2.45) is 0 Å². The van der Waals surface area contributed by atoms with Gasteiger partial charge < -0.3 is 20.5 Å². The summed E-state index contributed by atoms with van der Waals surface area (Å²) >= 11 is 1.27. The molecule has 4 rings (SSSR count).